The second-order valence-electron chi connectivity index (χ2n) is 6.57. The Morgan fingerprint density at radius 1 is 1.33 bits per heavy atom. The van der Waals surface area contributed by atoms with E-state index in [2.05, 4.69) is 31.0 Å². The van der Waals surface area contributed by atoms with Gasteiger partial charge in [-0.05, 0) is 39.5 Å². The molecule has 0 spiro atoms. The maximum Gasteiger partial charge on any atom is 0.0702 e. The van der Waals surface area contributed by atoms with E-state index in [1.165, 1.54) is 38.6 Å². The lowest BCUT2D eigenvalue weighted by Gasteiger charge is -2.47. The van der Waals surface area contributed by atoms with Gasteiger partial charge in [0.15, 0.2) is 0 Å². The van der Waals surface area contributed by atoms with E-state index in [0.717, 1.165) is 19.7 Å². The fourth-order valence-corrected chi connectivity index (χ4v) is 3.14. The molecule has 0 saturated carbocycles. The van der Waals surface area contributed by atoms with Crippen LogP contribution in [0.4, 0.5) is 0 Å². The Kier molecular flexibility index (Phi) is 5.05. The van der Waals surface area contributed by atoms with Gasteiger partial charge in [0.2, 0.25) is 0 Å². The summed E-state index contributed by atoms with van der Waals surface area (Å²) in [6.45, 7) is 11.3. The van der Waals surface area contributed by atoms with E-state index in [4.69, 9.17) is 4.74 Å². The molecule has 0 radical (unpaired) electrons. The number of nitrogens with zero attached hydrogens (tertiary/aromatic N) is 1. The summed E-state index contributed by atoms with van der Waals surface area (Å²) in [5.41, 5.74) is 0.269. The molecular formula is C15H30N2O. The third kappa shape index (κ3) is 3.69. The van der Waals surface area contributed by atoms with Crippen molar-refractivity contribution < 1.29 is 4.74 Å². The van der Waals surface area contributed by atoms with Crippen molar-refractivity contribution in [1.82, 2.24) is 10.2 Å². The molecule has 0 amide bonds. The minimum absolute atomic E-state index is 0.269. The number of nitrogens with one attached hydrogen (secondary N) is 1. The van der Waals surface area contributed by atoms with Crippen molar-refractivity contribution in [2.24, 2.45) is 0 Å². The van der Waals surface area contributed by atoms with Crippen LogP contribution >= 0.6 is 0 Å². The first kappa shape index (κ1) is 14.3. The summed E-state index contributed by atoms with van der Waals surface area (Å²) in [7, 11) is 0. The molecule has 0 bridgehead atoms. The molecule has 2 heterocycles. The van der Waals surface area contributed by atoms with Crippen LogP contribution in [0, 0.1) is 0 Å². The average molecular weight is 254 g/mol. The van der Waals surface area contributed by atoms with Gasteiger partial charge >= 0.3 is 0 Å². The monoisotopic (exact) mass is 254 g/mol. The zero-order valence-electron chi connectivity index (χ0n) is 12.4. The van der Waals surface area contributed by atoms with Crippen LogP contribution in [-0.4, -0.2) is 48.8 Å². The van der Waals surface area contributed by atoms with Gasteiger partial charge < -0.3 is 10.1 Å². The van der Waals surface area contributed by atoms with E-state index in [-0.39, 0.29) is 5.54 Å². The first-order chi connectivity index (χ1) is 8.62. The van der Waals surface area contributed by atoms with Crippen molar-refractivity contribution in [2.45, 2.75) is 70.6 Å². The highest BCUT2D eigenvalue weighted by molar-refractivity contribution is 4.93. The summed E-state index contributed by atoms with van der Waals surface area (Å²) in [4.78, 5) is 2.65. The second kappa shape index (κ2) is 6.36. The van der Waals surface area contributed by atoms with Crippen LogP contribution in [0.5, 0.6) is 0 Å². The third-order valence-corrected chi connectivity index (χ3v) is 4.46. The lowest BCUT2D eigenvalue weighted by molar-refractivity contribution is -0.0379. The van der Waals surface area contributed by atoms with Gasteiger partial charge in [-0.2, -0.15) is 0 Å². The molecule has 2 atom stereocenters. The minimum Gasteiger partial charge on any atom is -0.377 e. The van der Waals surface area contributed by atoms with Gasteiger partial charge in [-0.3, -0.25) is 4.90 Å². The van der Waals surface area contributed by atoms with Crippen LogP contribution in [0.1, 0.15) is 52.9 Å². The topological polar surface area (TPSA) is 24.5 Å². The molecule has 3 heteroatoms. The number of ether oxygens (including phenoxy) is 1. The fraction of sp³-hybridized carbons (Fsp3) is 1.00. The number of piperazine rings is 1. The maximum atomic E-state index is 5.91. The molecule has 106 valence electrons. The molecule has 0 aromatic heterocycles. The molecule has 1 N–H and O–H groups in total. The van der Waals surface area contributed by atoms with Crippen LogP contribution in [0.25, 0.3) is 0 Å². The van der Waals surface area contributed by atoms with E-state index in [1.807, 2.05) is 0 Å². The fourth-order valence-electron chi connectivity index (χ4n) is 3.14. The van der Waals surface area contributed by atoms with E-state index >= 15 is 0 Å². The second-order valence-corrected chi connectivity index (χ2v) is 6.57. The van der Waals surface area contributed by atoms with Gasteiger partial charge in [0, 0.05) is 37.8 Å². The summed E-state index contributed by atoms with van der Waals surface area (Å²) in [6, 6.07) is 0.673. The zero-order chi connectivity index (χ0) is 13.0. The zero-order valence-corrected chi connectivity index (χ0v) is 12.4. The summed E-state index contributed by atoms with van der Waals surface area (Å²) in [5.74, 6) is 0. The number of rotatable bonds is 4. The van der Waals surface area contributed by atoms with Gasteiger partial charge in [0.05, 0.1) is 6.10 Å². The molecular weight excluding hydrogens is 224 g/mol. The Morgan fingerprint density at radius 2 is 2.17 bits per heavy atom. The first-order valence-corrected chi connectivity index (χ1v) is 7.72. The van der Waals surface area contributed by atoms with Crippen LogP contribution in [0.2, 0.25) is 0 Å². The SMILES string of the molecule is CCCC1CN(CC2CCCCO2)C(C)(C)CN1. The summed E-state index contributed by atoms with van der Waals surface area (Å²) < 4.78 is 5.91. The van der Waals surface area contributed by atoms with Crippen molar-refractivity contribution >= 4 is 0 Å². The van der Waals surface area contributed by atoms with E-state index < -0.39 is 0 Å². The molecule has 0 aromatic rings. The Bertz CT molecular complexity index is 249. The largest absolute Gasteiger partial charge is 0.377 e. The Hall–Kier alpha value is -0.120. The Morgan fingerprint density at radius 3 is 2.83 bits per heavy atom. The van der Waals surface area contributed by atoms with Gasteiger partial charge in [0.25, 0.3) is 0 Å². The highest BCUT2D eigenvalue weighted by Gasteiger charge is 2.35. The summed E-state index contributed by atoms with van der Waals surface area (Å²) in [5, 5.41) is 3.70. The van der Waals surface area contributed by atoms with Crippen LogP contribution in [0.15, 0.2) is 0 Å². The van der Waals surface area contributed by atoms with Crippen molar-refractivity contribution in [1.29, 1.82) is 0 Å². The Labute approximate surface area is 112 Å². The standard InChI is InChI=1S/C15H30N2O/c1-4-7-13-10-17(15(2,3)12-16-13)11-14-8-5-6-9-18-14/h13-14,16H,4-12H2,1-3H3. The lowest BCUT2D eigenvalue weighted by atomic mass is 9.94. The molecule has 2 fully saturated rings. The number of hydrogen-bond donors (Lipinski definition) is 1. The van der Waals surface area contributed by atoms with Gasteiger partial charge in [0.1, 0.15) is 0 Å². The van der Waals surface area contributed by atoms with Crippen LogP contribution in [-0.2, 0) is 4.74 Å². The lowest BCUT2D eigenvalue weighted by Crippen LogP contribution is -2.63. The van der Waals surface area contributed by atoms with E-state index in [9.17, 15) is 0 Å². The summed E-state index contributed by atoms with van der Waals surface area (Å²) >= 11 is 0. The van der Waals surface area contributed by atoms with E-state index in [0.29, 0.717) is 12.1 Å². The number of hydrogen-bond acceptors (Lipinski definition) is 3. The van der Waals surface area contributed by atoms with Crippen LogP contribution < -0.4 is 5.32 Å². The quantitative estimate of drug-likeness (QED) is 0.834. The van der Waals surface area contributed by atoms with Gasteiger partial charge in [-0.15, -0.1) is 0 Å². The molecule has 2 aliphatic rings. The van der Waals surface area contributed by atoms with Crippen LogP contribution in [0.3, 0.4) is 0 Å². The normalized spacial score (nSPS) is 33.5. The van der Waals surface area contributed by atoms with Crippen molar-refractivity contribution in [3.63, 3.8) is 0 Å². The van der Waals surface area contributed by atoms with Crippen molar-refractivity contribution in [2.75, 3.05) is 26.2 Å². The minimum atomic E-state index is 0.269. The third-order valence-electron chi connectivity index (χ3n) is 4.46. The highest BCUT2D eigenvalue weighted by Crippen LogP contribution is 2.23. The maximum absolute atomic E-state index is 5.91. The predicted molar refractivity (Wildman–Crippen MR) is 75.9 cm³/mol. The molecule has 2 rings (SSSR count). The molecule has 2 aliphatic heterocycles. The van der Waals surface area contributed by atoms with Gasteiger partial charge in [-0.25, -0.2) is 0 Å². The summed E-state index contributed by atoms with van der Waals surface area (Å²) in [6.07, 6.45) is 6.87. The average Bonchev–Trinajstić information content (AvgIpc) is 2.35. The molecule has 3 nitrogen and oxygen atoms in total. The molecule has 2 saturated heterocycles. The predicted octanol–water partition coefficient (Wildman–Crippen LogP) is 2.41. The highest BCUT2D eigenvalue weighted by atomic mass is 16.5. The molecule has 18 heavy (non-hydrogen) atoms. The van der Waals surface area contributed by atoms with Crippen molar-refractivity contribution in [3.05, 3.63) is 0 Å². The van der Waals surface area contributed by atoms with E-state index in [1.54, 1.807) is 0 Å². The molecule has 0 aromatic carbocycles. The van der Waals surface area contributed by atoms with Gasteiger partial charge in [-0.1, -0.05) is 13.3 Å². The molecule has 2 unspecified atom stereocenters. The Balaban J connectivity index is 1.89. The first-order valence-electron chi connectivity index (χ1n) is 7.72. The van der Waals surface area contributed by atoms with Crippen molar-refractivity contribution in [3.8, 4) is 0 Å². The molecule has 0 aliphatic carbocycles. The smallest absolute Gasteiger partial charge is 0.0702 e.